The lowest BCUT2D eigenvalue weighted by Gasteiger charge is -2.15. The zero-order valence-corrected chi connectivity index (χ0v) is 14.6. The lowest BCUT2D eigenvalue weighted by Crippen LogP contribution is -2.23. The van der Waals surface area contributed by atoms with Gasteiger partial charge in [-0.05, 0) is 43.5 Å². The highest BCUT2D eigenvalue weighted by atomic mass is 35.5. The SMILES string of the molecule is Cl.NC1CCC(C(=O)Nc2ccccc2Oc2ccccc2Cl)C1. The van der Waals surface area contributed by atoms with Gasteiger partial charge >= 0.3 is 0 Å². The second-order valence-corrected chi connectivity index (χ2v) is 6.20. The van der Waals surface area contributed by atoms with Crippen molar-refractivity contribution in [3.63, 3.8) is 0 Å². The molecule has 2 aromatic rings. The maximum atomic E-state index is 12.4. The Morgan fingerprint density at radius 2 is 1.75 bits per heavy atom. The number of para-hydroxylation sites is 3. The molecule has 24 heavy (non-hydrogen) atoms. The van der Waals surface area contributed by atoms with E-state index in [0.29, 0.717) is 22.2 Å². The van der Waals surface area contributed by atoms with Gasteiger partial charge in [0.05, 0.1) is 10.7 Å². The molecule has 2 atom stereocenters. The molecule has 0 saturated heterocycles. The van der Waals surface area contributed by atoms with Crippen LogP contribution in [0.3, 0.4) is 0 Å². The first-order chi connectivity index (χ1) is 11.1. The number of benzene rings is 2. The van der Waals surface area contributed by atoms with Gasteiger partial charge in [0.25, 0.3) is 0 Å². The minimum atomic E-state index is -0.0293. The predicted molar refractivity (Wildman–Crippen MR) is 99.2 cm³/mol. The van der Waals surface area contributed by atoms with Crippen LogP contribution in [0, 0.1) is 5.92 Å². The van der Waals surface area contributed by atoms with Crippen molar-refractivity contribution in [3.8, 4) is 11.5 Å². The highest BCUT2D eigenvalue weighted by Gasteiger charge is 2.28. The topological polar surface area (TPSA) is 64.4 Å². The van der Waals surface area contributed by atoms with Crippen molar-refractivity contribution in [2.24, 2.45) is 11.7 Å². The Balaban J connectivity index is 0.00000208. The van der Waals surface area contributed by atoms with E-state index in [4.69, 9.17) is 22.1 Å². The molecule has 1 amide bonds. The minimum absolute atomic E-state index is 0. The Morgan fingerprint density at radius 1 is 1.08 bits per heavy atom. The van der Waals surface area contributed by atoms with Gasteiger partial charge < -0.3 is 15.8 Å². The molecule has 1 fully saturated rings. The van der Waals surface area contributed by atoms with Crippen molar-refractivity contribution in [3.05, 3.63) is 53.6 Å². The van der Waals surface area contributed by atoms with Crippen LogP contribution in [0.1, 0.15) is 19.3 Å². The predicted octanol–water partition coefficient (Wildman–Crippen LogP) is 4.62. The van der Waals surface area contributed by atoms with E-state index < -0.39 is 0 Å². The maximum Gasteiger partial charge on any atom is 0.227 e. The summed E-state index contributed by atoms with van der Waals surface area (Å²) in [6, 6.07) is 14.7. The molecule has 3 rings (SSSR count). The van der Waals surface area contributed by atoms with Crippen LogP contribution < -0.4 is 15.8 Å². The smallest absolute Gasteiger partial charge is 0.227 e. The summed E-state index contributed by atoms with van der Waals surface area (Å²) in [5, 5.41) is 3.47. The average Bonchev–Trinajstić information content (AvgIpc) is 2.98. The molecule has 1 saturated carbocycles. The third kappa shape index (κ3) is 4.41. The molecule has 4 nitrogen and oxygen atoms in total. The number of carbonyl (C=O) groups excluding carboxylic acids is 1. The molecule has 6 heteroatoms. The van der Waals surface area contributed by atoms with E-state index in [1.807, 2.05) is 30.3 Å². The van der Waals surface area contributed by atoms with Crippen molar-refractivity contribution in [2.75, 3.05) is 5.32 Å². The van der Waals surface area contributed by atoms with Crippen LogP contribution in [-0.2, 0) is 4.79 Å². The van der Waals surface area contributed by atoms with Crippen LogP contribution in [0.25, 0.3) is 0 Å². The molecule has 3 N–H and O–H groups in total. The van der Waals surface area contributed by atoms with E-state index in [2.05, 4.69) is 5.32 Å². The Kier molecular flexibility index (Phi) is 6.49. The standard InChI is InChI=1S/C18H19ClN2O2.ClH/c19-14-5-1-3-7-16(14)23-17-8-4-2-6-15(17)21-18(22)12-9-10-13(20)11-12;/h1-8,12-13H,9-11,20H2,(H,21,22);1H. The Morgan fingerprint density at radius 3 is 2.42 bits per heavy atom. The summed E-state index contributed by atoms with van der Waals surface area (Å²) in [6.07, 6.45) is 2.47. The minimum Gasteiger partial charge on any atom is -0.454 e. The highest BCUT2D eigenvalue weighted by Crippen LogP contribution is 2.34. The number of nitrogens with one attached hydrogen (secondary N) is 1. The molecule has 0 radical (unpaired) electrons. The fraction of sp³-hybridized carbons (Fsp3) is 0.278. The third-order valence-corrected chi connectivity index (χ3v) is 4.36. The zero-order chi connectivity index (χ0) is 16.2. The number of ether oxygens (including phenoxy) is 1. The van der Waals surface area contributed by atoms with Crippen molar-refractivity contribution >= 4 is 35.6 Å². The van der Waals surface area contributed by atoms with Gasteiger partial charge in [-0.15, -0.1) is 12.4 Å². The normalized spacial score (nSPS) is 19.4. The van der Waals surface area contributed by atoms with E-state index >= 15 is 0 Å². The molecule has 128 valence electrons. The van der Waals surface area contributed by atoms with E-state index in [1.54, 1.807) is 18.2 Å². The highest BCUT2D eigenvalue weighted by molar-refractivity contribution is 6.32. The molecule has 1 aliphatic carbocycles. The van der Waals surface area contributed by atoms with Gasteiger partial charge in [-0.25, -0.2) is 0 Å². The Bertz CT molecular complexity index is 709. The number of hydrogen-bond donors (Lipinski definition) is 2. The summed E-state index contributed by atoms with van der Waals surface area (Å²) >= 11 is 6.13. The molecular formula is C18H20Cl2N2O2. The van der Waals surface area contributed by atoms with Gasteiger partial charge in [0, 0.05) is 12.0 Å². The summed E-state index contributed by atoms with van der Waals surface area (Å²) in [4.78, 5) is 12.4. The third-order valence-electron chi connectivity index (χ3n) is 4.05. The quantitative estimate of drug-likeness (QED) is 0.829. The number of hydrogen-bond acceptors (Lipinski definition) is 3. The first-order valence-corrected chi connectivity index (χ1v) is 8.09. The fourth-order valence-corrected chi connectivity index (χ4v) is 2.97. The van der Waals surface area contributed by atoms with Gasteiger partial charge in [-0.3, -0.25) is 4.79 Å². The van der Waals surface area contributed by atoms with Crippen LogP contribution in [0.5, 0.6) is 11.5 Å². The van der Waals surface area contributed by atoms with E-state index in [9.17, 15) is 4.79 Å². The number of carbonyl (C=O) groups is 1. The van der Waals surface area contributed by atoms with Gasteiger partial charge in [0.15, 0.2) is 5.75 Å². The summed E-state index contributed by atoms with van der Waals surface area (Å²) in [7, 11) is 0. The van der Waals surface area contributed by atoms with E-state index in [0.717, 1.165) is 19.3 Å². The molecule has 2 aromatic carbocycles. The number of halogens is 2. The number of nitrogens with two attached hydrogens (primary N) is 1. The number of anilines is 1. The number of amides is 1. The molecule has 0 bridgehead atoms. The molecule has 0 aromatic heterocycles. The van der Waals surface area contributed by atoms with Gasteiger partial charge in [-0.2, -0.15) is 0 Å². The van der Waals surface area contributed by atoms with Crippen molar-refractivity contribution < 1.29 is 9.53 Å². The summed E-state index contributed by atoms with van der Waals surface area (Å²) in [5.74, 6) is 1.08. The largest absolute Gasteiger partial charge is 0.454 e. The lowest BCUT2D eigenvalue weighted by atomic mass is 10.1. The maximum absolute atomic E-state index is 12.4. The van der Waals surface area contributed by atoms with Crippen LogP contribution in [0.4, 0.5) is 5.69 Å². The monoisotopic (exact) mass is 366 g/mol. The summed E-state index contributed by atoms with van der Waals surface area (Å²) in [5.41, 5.74) is 6.52. The molecule has 0 spiro atoms. The van der Waals surface area contributed by atoms with Crippen molar-refractivity contribution in [2.45, 2.75) is 25.3 Å². The van der Waals surface area contributed by atoms with Crippen LogP contribution >= 0.6 is 24.0 Å². The van der Waals surface area contributed by atoms with E-state index in [-0.39, 0.29) is 30.3 Å². The molecule has 0 heterocycles. The molecule has 1 aliphatic rings. The van der Waals surface area contributed by atoms with Gasteiger partial charge in [0.1, 0.15) is 5.75 Å². The summed E-state index contributed by atoms with van der Waals surface area (Å²) in [6.45, 7) is 0. The fourth-order valence-electron chi connectivity index (χ4n) is 2.79. The molecule has 0 aliphatic heterocycles. The average molecular weight is 367 g/mol. The lowest BCUT2D eigenvalue weighted by molar-refractivity contribution is -0.119. The second-order valence-electron chi connectivity index (χ2n) is 5.79. The first-order valence-electron chi connectivity index (χ1n) is 7.71. The van der Waals surface area contributed by atoms with Gasteiger partial charge in [0.2, 0.25) is 5.91 Å². The zero-order valence-electron chi connectivity index (χ0n) is 13.1. The van der Waals surface area contributed by atoms with E-state index in [1.165, 1.54) is 0 Å². The molecule has 2 unspecified atom stereocenters. The van der Waals surface area contributed by atoms with Gasteiger partial charge in [-0.1, -0.05) is 35.9 Å². The van der Waals surface area contributed by atoms with Crippen LogP contribution in [0.15, 0.2) is 48.5 Å². The summed E-state index contributed by atoms with van der Waals surface area (Å²) < 4.78 is 5.85. The van der Waals surface area contributed by atoms with Crippen LogP contribution in [-0.4, -0.2) is 11.9 Å². The van der Waals surface area contributed by atoms with Crippen molar-refractivity contribution in [1.29, 1.82) is 0 Å². The van der Waals surface area contributed by atoms with Crippen molar-refractivity contribution in [1.82, 2.24) is 0 Å². The Hall–Kier alpha value is -1.75. The number of rotatable bonds is 4. The Labute approximate surface area is 152 Å². The van der Waals surface area contributed by atoms with Crippen LogP contribution in [0.2, 0.25) is 5.02 Å². The first kappa shape index (κ1) is 18.6. The molecular weight excluding hydrogens is 347 g/mol. The second kappa shape index (κ2) is 8.38.